The van der Waals surface area contributed by atoms with Gasteiger partial charge in [0, 0.05) is 5.56 Å². The quantitative estimate of drug-likeness (QED) is 0.668. The van der Waals surface area contributed by atoms with Crippen LogP contribution in [-0.2, 0) is 6.18 Å². The van der Waals surface area contributed by atoms with Crippen molar-refractivity contribution in [2.75, 3.05) is 5.33 Å². The van der Waals surface area contributed by atoms with Gasteiger partial charge in [-0.3, -0.25) is 4.79 Å². The average molecular weight is 317 g/mol. The summed E-state index contributed by atoms with van der Waals surface area (Å²) in [6.07, 6.45) is -4.80. The summed E-state index contributed by atoms with van der Waals surface area (Å²) in [5.74, 6) is -1.58. The molecule has 0 aliphatic rings. The van der Waals surface area contributed by atoms with Crippen molar-refractivity contribution in [2.45, 2.75) is 6.18 Å². The third-order valence-electron chi connectivity index (χ3n) is 1.83. The maximum absolute atomic E-state index is 12.5. The van der Waals surface area contributed by atoms with Crippen LogP contribution in [0.4, 0.5) is 13.2 Å². The van der Waals surface area contributed by atoms with E-state index < -0.39 is 28.3 Å². The normalized spacial score (nSPS) is 11.6. The lowest BCUT2D eigenvalue weighted by Crippen LogP contribution is -2.10. The predicted octanol–water partition coefficient (Wildman–Crippen LogP) is 3.64. The molecule has 1 aromatic rings. The number of phenols is 1. The Bertz CT molecular complexity index is 431. The molecule has 0 radical (unpaired) electrons. The number of phenolic OH excluding ortho intramolecular Hbond substituents is 1. The first-order valence-electron chi connectivity index (χ1n) is 3.97. The van der Waals surface area contributed by atoms with Crippen molar-refractivity contribution < 1.29 is 23.1 Å². The van der Waals surface area contributed by atoms with Crippen LogP contribution in [-0.4, -0.2) is 16.2 Å². The van der Waals surface area contributed by atoms with Gasteiger partial charge >= 0.3 is 6.18 Å². The highest BCUT2D eigenvalue weighted by Crippen LogP contribution is 2.42. The minimum absolute atomic E-state index is 0.144. The van der Waals surface area contributed by atoms with E-state index in [1.807, 2.05) is 0 Å². The van der Waals surface area contributed by atoms with Gasteiger partial charge in [-0.25, -0.2) is 0 Å². The van der Waals surface area contributed by atoms with Gasteiger partial charge in [-0.05, 0) is 12.1 Å². The number of rotatable bonds is 2. The molecule has 0 amide bonds. The lowest BCUT2D eigenvalue weighted by Gasteiger charge is -2.13. The topological polar surface area (TPSA) is 37.3 Å². The summed E-state index contributed by atoms with van der Waals surface area (Å²) in [4.78, 5) is 11.2. The van der Waals surface area contributed by atoms with Crippen molar-refractivity contribution in [2.24, 2.45) is 0 Å². The third-order valence-corrected chi connectivity index (χ3v) is 2.73. The monoisotopic (exact) mass is 316 g/mol. The molecule has 0 saturated heterocycles. The summed E-state index contributed by atoms with van der Waals surface area (Å²) in [5, 5.41) is 8.15. The van der Waals surface area contributed by atoms with Crippen LogP contribution in [0.5, 0.6) is 5.75 Å². The molecule has 7 heteroatoms. The third kappa shape index (κ3) is 2.49. The van der Waals surface area contributed by atoms with Gasteiger partial charge in [0.1, 0.15) is 11.3 Å². The summed E-state index contributed by atoms with van der Waals surface area (Å²) in [6, 6.07) is 1.85. The van der Waals surface area contributed by atoms with E-state index in [9.17, 15) is 18.0 Å². The van der Waals surface area contributed by atoms with Gasteiger partial charge < -0.3 is 5.11 Å². The van der Waals surface area contributed by atoms with E-state index in [-0.39, 0.29) is 10.9 Å². The van der Waals surface area contributed by atoms with Crippen molar-refractivity contribution in [3.63, 3.8) is 0 Å². The molecule has 0 fully saturated rings. The van der Waals surface area contributed by atoms with Crippen molar-refractivity contribution >= 4 is 33.3 Å². The van der Waals surface area contributed by atoms with Crippen LogP contribution in [0.15, 0.2) is 12.1 Å². The molecule has 0 aromatic heterocycles. The number of hydrogen-bond acceptors (Lipinski definition) is 2. The summed E-state index contributed by atoms with van der Waals surface area (Å²) in [7, 11) is 0. The van der Waals surface area contributed by atoms with Gasteiger partial charge in [0.2, 0.25) is 0 Å². The zero-order chi connectivity index (χ0) is 12.5. The number of ketones is 1. The predicted molar refractivity (Wildman–Crippen MR) is 56.2 cm³/mol. The number of Topliss-reactive ketones (excluding diaryl/α,β-unsaturated/α-hetero) is 1. The Morgan fingerprint density at radius 3 is 2.44 bits per heavy atom. The maximum atomic E-state index is 12.5. The van der Waals surface area contributed by atoms with Crippen molar-refractivity contribution in [3.8, 4) is 5.75 Å². The van der Waals surface area contributed by atoms with Gasteiger partial charge in [0.25, 0.3) is 0 Å². The summed E-state index contributed by atoms with van der Waals surface area (Å²) >= 11 is 8.28. The summed E-state index contributed by atoms with van der Waals surface area (Å²) < 4.78 is 37.5. The lowest BCUT2D eigenvalue weighted by molar-refractivity contribution is -0.138. The highest BCUT2D eigenvalue weighted by molar-refractivity contribution is 9.09. The molecule has 0 heterocycles. The van der Waals surface area contributed by atoms with Crippen LogP contribution in [0.25, 0.3) is 0 Å². The number of halogens is 5. The molecule has 1 N–H and O–H groups in total. The molecule has 0 atom stereocenters. The Hall–Kier alpha value is -0.750. The fraction of sp³-hybridized carbons (Fsp3) is 0.222. The molecule has 1 rings (SSSR count). The van der Waals surface area contributed by atoms with Crippen LogP contribution in [0, 0.1) is 0 Å². The van der Waals surface area contributed by atoms with E-state index in [4.69, 9.17) is 16.7 Å². The van der Waals surface area contributed by atoms with E-state index in [1.165, 1.54) is 0 Å². The molecule has 1 aromatic carbocycles. The Morgan fingerprint density at radius 2 is 2.00 bits per heavy atom. The number of carbonyl (C=O) groups is 1. The maximum Gasteiger partial charge on any atom is 0.421 e. The van der Waals surface area contributed by atoms with Crippen LogP contribution in [0.3, 0.4) is 0 Å². The molecule has 0 aliphatic heterocycles. The molecule has 2 nitrogen and oxygen atoms in total. The molecule has 88 valence electrons. The van der Waals surface area contributed by atoms with E-state index in [1.54, 1.807) is 0 Å². The molecule has 16 heavy (non-hydrogen) atoms. The van der Waals surface area contributed by atoms with Gasteiger partial charge in [-0.1, -0.05) is 27.5 Å². The molecular weight excluding hydrogens is 312 g/mol. The van der Waals surface area contributed by atoms with Crippen LogP contribution >= 0.6 is 27.5 Å². The number of alkyl halides is 4. The SMILES string of the molecule is O=C(CBr)c1ccc(O)c(C(F)(F)F)c1Cl. The Morgan fingerprint density at radius 1 is 1.44 bits per heavy atom. The smallest absolute Gasteiger partial charge is 0.421 e. The Balaban J connectivity index is 3.45. The first-order valence-corrected chi connectivity index (χ1v) is 5.46. The van der Waals surface area contributed by atoms with E-state index >= 15 is 0 Å². The fourth-order valence-corrected chi connectivity index (χ4v) is 1.80. The number of benzene rings is 1. The fourth-order valence-electron chi connectivity index (χ4n) is 1.12. The largest absolute Gasteiger partial charge is 0.507 e. The zero-order valence-corrected chi connectivity index (χ0v) is 9.95. The minimum atomic E-state index is -4.80. The van der Waals surface area contributed by atoms with Crippen molar-refractivity contribution in [1.29, 1.82) is 0 Å². The van der Waals surface area contributed by atoms with Crippen molar-refractivity contribution in [1.82, 2.24) is 0 Å². The van der Waals surface area contributed by atoms with E-state index in [2.05, 4.69) is 15.9 Å². The zero-order valence-electron chi connectivity index (χ0n) is 7.61. The van der Waals surface area contributed by atoms with Gasteiger partial charge in [0.05, 0.1) is 10.4 Å². The van der Waals surface area contributed by atoms with E-state index in [0.717, 1.165) is 12.1 Å². The number of aromatic hydroxyl groups is 1. The lowest BCUT2D eigenvalue weighted by atomic mass is 10.1. The standard InChI is InChI=1S/C9H5BrClF3O2/c10-3-6(16)4-1-2-5(15)7(8(4)11)9(12,13)14/h1-2,15H,3H2. The Labute approximate surface area is 102 Å². The molecule has 0 unspecified atom stereocenters. The van der Waals surface area contributed by atoms with E-state index in [0.29, 0.717) is 0 Å². The molecule has 0 saturated carbocycles. The van der Waals surface area contributed by atoms with Crippen LogP contribution < -0.4 is 0 Å². The van der Waals surface area contributed by atoms with Crippen molar-refractivity contribution in [3.05, 3.63) is 28.3 Å². The summed E-state index contributed by atoms with van der Waals surface area (Å²) in [5.41, 5.74) is -1.66. The number of hydrogen-bond donors (Lipinski definition) is 1. The average Bonchev–Trinajstić information content (AvgIpc) is 2.14. The molecule has 0 spiro atoms. The second-order valence-electron chi connectivity index (χ2n) is 2.88. The second-order valence-corrected chi connectivity index (χ2v) is 3.81. The van der Waals surface area contributed by atoms with Gasteiger partial charge in [-0.15, -0.1) is 0 Å². The van der Waals surface area contributed by atoms with Crippen LogP contribution in [0.1, 0.15) is 15.9 Å². The first kappa shape index (κ1) is 13.3. The highest BCUT2D eigenvalue weighted by atomic mass is 79.9. The van der Waals surface area contributed by atoms with Gasteiger partial charge in [0.15, 0.2) is 5.78 Å². The number of carbonyl (C=O) groups excluding carboxylic acids is 1. The molecule has 0 aliphatic carbocycles. The second kappa shape index (κ2) is 4.63. The summed E-state index contributed by atoms with van der Waals surface area (Å²) in [6.45, 7) is 0. The molecule has 0 bridgehead atoms. The van der Waals surface area contributed by atoms with Crippen LogP contribution in [0.2, 0.25) is 5.02 Å². The first-order chi connectivity index (χ1) is 7.29. The highest BCUT2D eigenvalue weighted by Gasteiger charge is 2.38. The van der Waals surface area contributed by atoms with Gasteiger partial charge in [-0.2, -0.15) is 13.2 Å². The minimum Gasteiger partial charge on any atom is -0.507 e. The Kier molecular flexibility index (Phi) is 3.85. The molecular formula is C9H5BrClF3O2.